The van der Waals surface area contributed by atoms with E-state index in [-0.39, 0.29) is 55.6 Å². The van der Waals surface area contributed by atoms with E-state index in [2.05, 4.69) is 0 Å². The van der Waals surface area contributed by atoms with Crippen LogP contribution >= 0.6 is 0 Å². The first-order chi connectivity index (χ1) is 12.5. The maximum absolute atomic E-state index is 11.2. The highest BCUT2D eigenvalue weighted by molar-refractivity contribution is 7.86. The van der Waals surface area contributed by atoms with E-state index < -0.39 is 47.6 Å². The molecular weight excluding hydrogens is 438 g/mol. The van der Waals surface area contributed by atoms with Gasteiger partial charge in [0.1, 0.15) is 5.78 Å². The van der Waals surface area contributed by atoms with Crippen LogP contribution in [0, 0.1) is 0 Å². The molecule has 0 rings (SSSR count). The molecule has 0 fully saturated rings. The van der Waals surface area contributed by atoms with Crippen molar-refractivity contribution >= 4 is 36.1 Å². The van der Waals surface area contributed by atoms with Crippen molar-refractivity contribution in [3.05, 3.63) is 0 Å². The van der Waals surface area contributed by atoms with Crippen LogP contribution in [0.2, 0.25) is 0 Å². The number of quaternary nitrogens is 1. The lowest BCUT2D eigenvalue weighted by Gasteiger charge is -2.39. The van der Waals surface area contributed by atoms with Gasteiger partial charge in [0.25, 0.3) is 30.4 Å². The number of nitrogens with zero attached hydrogens (tertiary/aromatic N) is 1. The van der Waals surface area contributed by atoms with Crippen LogP contribution in [-0.2, 0) is 35.1 Å². The summed E-state index contributed by atoms with van der Waals surface area (Å²) < 4.78 is 92.8. The first kappa shape index (κ1) is 27.4. The average Bonchev–Trinajstić information content (AvgIpc) is 2.42. The van der Waals surface area contributed by atoms with Crippen molar-refractivity contribution in [1.29, 1.82) is 0 Å². The monoisotopic (exact) mass is 468 g/mol. The molecule has 0 spiro atoms. The van der Waals surface area contributed by atoms with Gasteiger partial charge in [-0.1, -0.05) is 0 Å². The maximum atomic E-state index is 11.2. The summed E-state index contributed by atoms with van der Waals surface area (Å²) in [7, 11) is -12.6. The van der Waals surface area contributed by atoms with Crippen LogP contribution in [0.4, 0.5) is 0 Å². The molecule has 11 nitrogen and oxygen atoms in total. The predicted molar refractivity (Wildman–Crippen MR) is 103 cm³/mol. The van der Waals surface area contributed by atoms with Crippen LogP contribution in [0.15, 0.2) is 0 Å². The molecule has 0 atom stereocenters. The van der Waals surface area contributed by atoms with Crippen molar-refractivity contribution in [1.82, 2.24) is 0 Å². The van der Waals surface area contributed by atoms with Crippen molar-refractivity contribution in [3.63, 3.8) is 0 Å². The lowest BCUT2D eigenvalue weighted by atomic mass is 10.1. The number of carbonyl (C=O) groups is 1. The molecule has 0 aromatic carbocycles. The Morgan fingerprint density at radius 2 is 0.929 bits per heavy atom. The molecule has 0 unspecified atom stereocenters. The third-order valence-electron chi connectivity index (χ3n) is 4.27. The molecular formula is C14H30NO10S3+. The van der Waals surface area contributed by atoms with Gasteiger partial charge in [0.05, 0.1) is 43.4 Å². The average molecular weight is 469 g/mol. The SMILES string of the molecule is CC(=O)CCC[N+](CCCS(=O)(=O)O)(CCCS(=O)(=O)O)CCCS(=O)(=O)O. The van der Waals surface area contributed by atoms with Crippen molar-refractivity contribution < 1.29 is 48.2 Å². The minimum absolute atomic E-state index is 0.0383. The second-order valence-electron chi connectivity index (χ2n) is 6.96. The topological polar surface area (TPSA) is 180 Å². The second kappa shape index (κ2) is 11.5. The van der Waals surface area contributed by atoms with Gasteiger partial charge in [-0.2, -0.15) is 25.3 Å². The molecule has 0 aliphatic rings. The number of hydrogen-bond acceptors (Lipinski definition) is 7. The van der Waals surface area contributed by atoms with E-state index >= 15 is 0 Å². The summed E-state index contributed by atoms with van der Waals surface area (Å²) in [6.07, 6.45) is 0.776. The van der Waals surface area contributed by atoms with Crippen molar-refractivity contribution in [3.8, 4) is 0 Å². The van der Waals surface area contributed by atoms with Crippen LogP contribution in [-0.4, -0.2) is 92.6 Å². The Balaban J connectivity index is 5.34. The zero-order chi connectivity index (χ0) is 22.1. The van der Waals surface area contributed by atoms with Crippen LogP contribution in [0.25, 0.3) is 0 Å². The quantitative estimate of drug-likeness (QED) is 0.206. The van der Waals surface area contributed by atoms with Crippen LogP contribution in [0.1, 0.15) is 39.0 Å². The van der Waals surface area contributed by atoms with E-state index in [1.165, 1.54) is 6.92 Å². The minimum Gasteiger partial charge on any atom is -0.324 e. The van der Waals surface area contributed by atoms with Gasteiger partial charge < -0.3 is 9.28 Å². The predicted octanol–water partition coefficient (Wildman–Crippen LogP) is 0.00610. The van der Waals surface area contributed by atoms with Crippen molar-refractivity contribution in [2.24, 2.45) is 0 Å². The summed E-state index contributed by atoms with van der Waals surface area (Å²) in [5.74, 6) is -1.62. The molecule has 0 saturated heterocycles. The summed E-state index contributed by atoms with van der Waals surface area (Å²) in [6, 6.07) is 0. The Labute approximate surface area is 167 Å². The number of ketones is 1. The molecule has 3 N–H and O–H groups in total. The smallest absolute Gasteiger partial charge is 0.265 e. The highest BCUT2D eigenvalue weighted by atomic mass is 32.2. The van der Waals surface area contributed by atoms with Gasteiger partial charge in [0.2, 0.25) is 0 Å². The first-order valence-corrected chi connectivity index (χ1v) is 13.6. The van der Waals surface area contributed by atoms with E-state index in [0.29, 0.717) is 13.0 Å². The fraction of sp³-hybridized carbons (Fsp3) is 0.929. The lowest BCUT2D eigenvalue weighted by molar-refractivity contribution is -0.928. The summed E-state index contributed by atoms with van der Waals surface area (Å²) in [5, 5.41) is 0. The number of hydrogen-bond donors (Lipinski definition) is 3. The standard InChI is InChI=1S/C14H29NO10S3/c1-14(16)6-2-7-15(8-3-11-26(17,18)19,9-4-12-27(20,21)22)10-5-13-28(23,24)25/h2-13H2,1H3,(H2-,17,18,19,20,21,22,23,24,25)/p+1. The second-order valence-corrected chi connectivity index (χ2v) is 11.7. The molecule has 0 amide bonds. The van der Waals surface area contributed by atoms with Gasteiger partial charge in [-0.05, 0) is 6.92 Å². The zero-order valence-electron chi connectivity index (χ0n) is 15.9. The Kier molecular flexibility index (Phi) is 11.3. The highest BCUT2D eigenvalue weighted by Gasteiger charge is 2.28. The Morgan fingerprint density at radius 3 is 1.18 bits per heavy atom. The van der Waals surface area contributed by atoms with Crippen LogP contribution in [0.5, 0.6) is 0 Å². The fourth-order valence-electron chi connectivity index (χ4n) is 3.08. The molecule has 0 bridgehead atoms. The van der Waals surface area contributed by atoms with E-state index in [4.69, 9.17) is 13.7 Å². The summed E-state index contributed by atoms with van der Waals surface area (Å²) in [5.41, 5.74) is 0. The minimum atomic E-state index is -4.20. The molecule has 0 aromatic heterocycles. The molecule has 0 aliphatic carbocycles. The van der Waals surface area contributed by atoms with Crippen molar-refractivity contribution in [2.45, 2.75) is 39.0 Å². The molecule has 0 aromatic rings. The Morgan fingerprint density at radius 1 is 0.643 bits per heavy atom. The van der Waals surface area contributed by atoms with Gasteiger partial charge >= 0.3 is 0 Å². The van der Waals surface area contributed by atoms with Gasteiger partial charge in [0, 0.05) is 32.1 Å². The fourth-order valence-corrected chi connectivity index (χ4v) is 4.56. The number of carbonyl (C=O) groups excluding carboxylic acids is 1. The van der Waals surface area contributed by atoms with Gasteiger partial charge in [-0.25, -0.2) is 0 Å². The van der Waals surface area contributed by atoms with Crippen LogP contribution in [0.3, 0.4) is 0 Å². The van der Waals surface area contributed by atoms with E-state index in [1.54, 1.807) is 0 Å². The third-order valence-corrected chi connectivity index (χ3v) is 6.68. The lowest BCUT2D eigenvalue weighted by Crippen LogP contribution is -2.52. The number of rotatable bonds is 16. The molecule has 0 saturated carbocycles. The highest BCUT2D eigenvalue weighted by Crippen LogP contribution is 2.16. The van der Waals surface area contributed by atoms with Gasteiger partial charge in [-0.3, -0.25) is 13.7 Å². The van der Waals surface area contributed by atoms with Crippen LogP contribution < -0.4 is 0 Å². The molecule has 0 aliphatic heterocycles. The van der Waals surface area contributed by atoms with Crippen molar-refractivity contribution in [2.75, 3.05) is 43.4 Å². The van der Waals surface area contributed by atoms with Gasteiger partial charge in [-0.15, -0.1) is 0 Å². The van der Waals surface area contributed by atoms with Gasteiger partial charge in [0.15, 0.2) is 0 Å². The number of Topliss-reactive ketones (excluding diaryl/α,β-unsaturated/α-hetero) is 1. The summed E-state index contributed by atoms with van der Waals surface area (Å²) in [4.78, 5) is 11.2. The molecule has 0 radical (unpaired) electrons. The zero-order valence-corrected chi connectivity index (χ0v) is 18.3. The normalized spacial score (nSPS) is 13.6. The Bertz CT molecular complexity index is 709. The van der Waals surface area contributed by atoms with E-state index in [9.17, 15) is 30.0 Å². The largest absolute Gasteiger partial charge is 0.324 e. The maximum Gasteiger partial charge on any atom is 0.265 e. The summed E-state index contributed by atoms with van der Waals surface area (Å²) in [6.45, 7) is 2.32. The third kappa shape index (κ3) is 16.3. The van der Waals surface area contributed by atoms with E-state index in [0.717, 1.165) is 0 Å². The molecule has 168 valence electrons. The molecule has 0 heterocycles. The van der Waals surface area contributed by atoms with E-state index in [1.807, 2.05) is 0 Å². The molecule has 14 heteroatoms. The summed E-state index contributed by atoms with van der Waals surface area (Å²) >= 11 is 0. The molecule has 28 heavy (non-hydrogen) atoms. The first-order valence-electron chi connectivity index (χ1n) is 8.74. The Hall–Kier alpha value is -0.640.